The molecule has 2 aromatic rings. The van der Waals surface area contributed by atoms with Gasteiger partial charge in [-0.2, -0.15) is 0 Å². The van der Waals surface area contributed by atoms with Crippen molar-refractivity contribution in [2.75, 3.05) is 7.11 Å². The number of esters is 2. The number of benzene rings is 2. The molecule has 0 aliphatic carbocycles. The van der Waals surface area contributed by atoms with Gasteiger partial charge in [0.05, 0.1) is 7.11 Å². The first-order valence-electron chi connectivity index (χ1n) is 6.43. The zero-order valence-corrected chi connectivity index (χ0v) is 11.8. The van der Waals surface area contributed by atoms with Crippen molar-refractivity contribution >= 4 is 18.0 Å². The summed E-state index contributed by atoms with van der Waals surface area (Å²) in [5.41, 5.74) is 0.813. The number of hydrogen-bond donors (Lipinski definition) is 0. The molecule has 0 aromatic heterocycles. The molecule has 0 heterocycles. The third-order valence-electron chi connectivity index (χ3n) is 2.78. The maximum atomic E-state index is 12.8. The Morgan fingerprint density at radius 2 is 1.73 bits per heavy atom. The predicted octanol–water partition coefficient (Wildman–Crippen LogP) is 3.23. The summed E-state index contributed by atoms with van der Waals surface area (Å²) in [7, 11) is 1.25. The van der Waals surface area contributed by atoms with Crippen LogP contribution >= 0.6 is 0 Å². The number of rotatable bonds is 4. The van der Waals surface area contributed by atoms with Gasteiger partial charge in [-0.1, -0.05) is 24.3 Å². The number of carbonyl (C=O) groups is 2. The molecule has 0 radical (unpaired) electrons. The molecule has 0 bridgehead atoms. The number of methoxy groups -OCH3 is 1. The normalized spacial score (nSPS) is 10.5. The number of hydrogen-bond acceptors (Lipinski definition) is 4. The van der Waals surface area contributed by atoms with Gasteiger partial charge in [0.2, 0.25) is 0 Å². The molecule has 4 nitrogen and oxygen atoms in total. The quantitative estimate of drug-likeness (QED) is 0.494. The molecule has 2 aromatic carbocycles. The molecule has 0 fully saturated rings. The Morgan fingerprint density at radius 1 is 1.05 bits per heavy atom. The maximum Gasteiger partial charge on any atom is 0.341 e. The van der Waals surface area contributed by atoms with E-state index in [0.717, 1.165) is 0 Å². The van der Waals surface area contributed by atoms with Crippen molar-refractivity contribution in [3.05, 3.63) is 71.6 Å². The summed E-state index contributed by atoms with van der Waals surface area (Å²) in [6, 6.07) is 11.9. The SMILES string of the molecule is COC(=O)c1ccccc1OC(=O)C=Cc1ccc(F)cc1. The van der Waals surface area contributed by atoms with Crippen LogP contribution in [0, 0.1) is 5.82 Å². The van der Waals surface area contributed by atoms with Gasteiger partial charge in [0, 0.05) is 6.08 Å². The number of carbonyl (C=O) groups excluding carboxylic acids is 2. The van der Waals surface area contributed by atoms with E-state index in [-0.39, 0.29) is 17.1 Å². The Bertz CT molecular complexity index is 705. The van der Waals surface area contributed by atoms with Gasteiger partial charge in [-0.3, -0.25) is 0 Å². The van der Waals surface area contributed by atoms with Crippen LogP contribution < -0.4 is 4.74 Å². The first kappa shape index (κ1) is 15.4. The molecule has 0 aliphatic rings. The molecule has 0 saturated carbocycles. The molecule has 0 N–H and O–H groups in total. The lowest BCUT2D eigenvalue weighted by Crippen LogP contribution is -2.09. The van der Waals surface area contributed by atoms with Crippen molar-refractivity contribution in [2.24, 2.45) is 0 Å². The van der Waals surface area contributed by atoms with Gasteiger partial charge in [-0.25, -0.2) is 14.0 Å². The van der Waals surface area contributed by atoms with Crippen molar-refractivity contribution in [1.29, 1.82) is 0 Å². The minimum absolute atomic E-state index is 0.114. The summed E-state index contributed by atoms with van der Waals surface area (Å²) in [4.78, 5) is 23.3. The summed E-state index contributed by atoms with van der Waals surface area (Å²) in [5, 5.41) is 0. The summed E-state index contributed by atoms with van der Waals surface area (Å²) in [6.45, 7) is 0. The fraction of sp³-hybridized carbons (Fsp3) is 0.0588. The molecule has 0 saturated heterocycles. The second kappa shape index (κ2) is 7.17. The number of para-hydroxylation sites is 1. The Hall–Kier alpha value is -2.95. The van der Waals surface area contributed by atoms with Gasteiger partial charge < -0.3 is 9.47 Å². The van der Waals surface area contributed by atoms with E-state index in [1.165, 1.54) is 55.7 Å². The summed E-state index contributed by atoms with van der Waals surface area (Å²) in [5.74, 6) is -1.48. The minimum atomic E-state index is -0.652. The Kier molecular flexibility index (Phi) is 5.03. The minimum Gasteiger partial charge on any atom is -0.465 e. The van der Waals surface area contributed by atoms with E-state index >= 15 is 0 Å². The van der Waals surface area contributed by atoms with E-state index in [1.807, 2.05) is 0 Å². The summed E-state index contributed by atoms with van der Waals surface area (Å²) < 4.78 is 22.5. The first-order valence-corrected chi connectivity index (χ1v) is 6.43. The third kappa shape index (κ3) is 4.02. The number of halogens is 1. The van der Waals surface area contributed by atoms with Crippen LogP contribution in [-0.4, -0.2) is 19.0 Å². The Labute approximate surface area is 126 Å². The van der Waals surface area contributed by atoms with Crippen LogP contribution in [0.25, 0.3) is 6.08 Å². The van der Waals surface area contributed by atoms with E-state index < -0.39 is 11.9 Å². The smallest absolute Gasteiger partial charge is 0.341 e. The molecule has 0 unspecified atom stereocenters. The van der Waals surface area contributed by atoms with E-state index in [0.29, 0.717) is 5.56 Å². The Morgan fingerprint density at radius 3 is 2.41 bits per heavy atom. The van der Waals surface area contributed by atoms with E-state index in [4.69, 9.17) is 4.74 Å². The number of ether oxygens (including phenoxy) is 2. The second-order valence-electron chi connectivity index (χ2n) is 4.29. The standard InChI is InChI=1S/C17H13FO4/c1-21-17(20)14-4-2-3-5-15(14)22-16(19)11-8-12-6-9-13(18)10-7-12/h2-11H,1H3. The van der Waals surface area contributed by atoms with Crippen LogP contribution in [0.15, 0.2) is 54.6 Å². The lowest BCUT2D eigenvalue weighted by atomic mass is 10.2. The molecule has 2 rings (SSSR count). The third-order valence-corrected chi connectivity index (χ3v) is 2.78. The fourth-order valence-corrected chi connectivity index (χ4v) is 1.71. The van der Waals surface area contributed by atoms with E-state index in [2.05, 4.69) is 4.74 Å². The van der Waals surface area contributed by atoms with Crippen LogP contribution in [0.4, 0.5) is 4.39 Å². The van der Waals surface area contributed by atoms with Gasteiger partial charge in [-0.05, 0) is 35.9 Å². The molecule has 22 heavy (non-hydrogen) atoms. The predicted molar refractivity (Wildman–Crippen MR) is 78.9 cm³/mol. The maximum absolute atomic E-state index is 12.8. The average molecular weight is 300 g/mol. The van der Waals surface area contributed by atoms with Crippen molar-refractivity contribution in [3.63, 3.8) is 0 Å². The summed E-state index contributed by atoms with van der Waals surface area (Å²) >= 11 is 0. The molecule has 112 valence electrons. The van der Waals surface area contributed by atoms with Crippen molar-refractivity contribution < 1.29 is 23.5 Å². The second-order valence-corrected chi connectivity index (χ2v) is 4.29. The monoisotopic (exact) mass is 300 g/mol. The highest BCUT2D eigenvalue weighted by molar-refractivity contribution is 5.95. The van der Waals surface area contributed by atoms with Gasteiger partial charge >= 0.3 is 11.9 Å². The topological polar surface area (TPSA) is 52.6 Å². The van der Waals surface area contributed by atoms with Crippen LogP contribution in [0.1, 0.15) is 15.9 Å². The van der Waals surface area contributed by atoms with E-state index in [9.17, 15) is 14.0 Å². The molecule has 0 spiro atoms. The lowest BCUT2D eigenvalue weighted by molar-refractivity contribution is -0.128. The lowest BCUT2D eigenvalue weighted by Gasteiger charge is -2.06. The highest BCUT2D eigenvalue weighted by Crippen LogP contribution is 2.19. The van der Waals surface area contributed by atoms with Crippen molar-refractivity contribution in [1.82, 2.24) is 0 Å². The highest BCUT2D eigenvalue weighted by Gasteiger charge is 2.13. The first-order chi connectivity index (χ1) is 10.6. The van der Waals surface area contributed by atoms with Crippen LogP contribution in [-0.2, 0) is 9.53 Å². The molecule has 0 atom stereocenters. The fourth-order valence-electron chi connectivity index (χ4n) is 1.71. The van der Waals surface area contributed by atoms with Gasteiger partial charge in [0.1, 0.15) is 17.1 Å². The molecule has 0 aliphatic heterocycles. The van der Waals surface area contributed by atoms with Crippen molar-refractivity contribution in [2.45, 2.75) is 0 Å². The van der Waals surface area contributed by atoms with Crippen LogP contribution in [0.2, 0.25) is 0 Å². The molecule has 0 amide bonds. The molecule has 5 heteroatoms. The van der Waals surface area contributed by atoms with Crippen LogP contribution in [0.3, 0.4) is 0 Å². The van der Waals surface area contributed by atoms with Gasteiger partial charge in [0.15, 0.2) is 0 Å². The van der Waals surface area contributed by atoms with Gasteiger partial charge in [0.25, 0.3) is 0 Å². The largest absolute Gasteiger partial charge is 0.465 e. The highest BCUT2D eigenvalue weighted by atomic mass is 19.1. The van der Waals surface area contributed by atoms with Crippen molar-refractivity contribution in [3.8, 4) is 5.75 Å². The summed E-state index contributed by atoms with van der Waals surface area (Å²) in [6.07, 6.45) is 2.68. The van der Waals surface area contributed by atoms with E-state index in [1.54, 1.807) is 12.1 Å². The zero-order chi connectivity index (χ0) is 15.9. The zero-order valence-electron chi connectivity index (χ0n) is 11.8. The molecular formula is C17H13FO4. The Balaban J connectivity index is 2.09. The van der Waals surface area contributed by atoms with Gasteiger partial charge in [-0.15, -0.1) is 0 Å². The average Bonchev–Trinajstić information content (AvgIpc) is 2.54. The molecular weight excluding hydrogens is 287 g/mol. The van der Waals surface area contributed by atoms with Crippen LogP contribution in [0.5, 0.6) is 5.75 Å².